The lowest BCUT2D eigenvalue weighted by Gasteiger charge is -2.42. The van der Waals surface area contributed by atoms with Crippen LogP contribution in [-0.2, 0) is 23.8 Å². The highest BCUT2D eigenvalue weighted by atomic mass is 16.7. The van der Waals surface area contributed by atoms with Gasteiger partial charge in [0.05, 0.1) is 13.2 Å². The van der Waals surface area contributed by atoms with E-state index in [1.165, 1.54) is 6.92 Å². The van der Waals surface area contributed by atoms with Crippen molar-refractivity contribution in [3.8, 4) is 0 Å². The van der Waals surface area contributed by atoms with E-state index in [1.807, 2.05) is 0 Å². The third kappa shape index (κ3) is 8.83. The maximum atomic E-state index is 11.3. The Bertz CT molecular complexity index is 461. The van der Waals surface area contributed by atoms with Gasteiger partial charge >= 0.3 is 5.97 Å². The number of carbonyl (C=O) groups is 2. The first-order valence-electron chi connectivity index (χ1n) is 10.1. The lowest BCUT2D eigenvalue weighted by atomic mass is 9.97. The maximum absolute atomic E-state index is 11.3. The monoisotopic (exact) mass is 405 g/mol. The standard InChI is InChI=1S/C19H35NO8/c1-3-26-15(23)10-8-6-4-5-7-9-11-27-19-16(20-13(2)22)18(25)17(24)14(12-21)28-19/h14,16-19,21,24-25H,3-12H2,1-2H3,(H,20,22)/t14-,16+,17-,18-,19+/m1/s1. The number of rotatable bonds is 13. The van der Waals surface area contributed by atoms with Crippen LogP contribution in [0.5, 0.6) is 0 Å². The highest BCUT2D eigenvalue weighted by molar-refractivity contribution is 5.73. The van der Waals surface area contributed by atoms with Crippen LogP contribution in [0.3, 0.4) is 0 Å². The van der Waals surface area contributed by atoms with Crippen LogP contribution in [-0.4, -0.2) is 77.7 Å². The minimum atomic E-state index is -1.31. The molecule has 0 spiro atoms. The zero-order valence-corrected chi connectivity index (χ0v) is 16.8. The fourth-order valence-corrected chi connectivity index (χ4v) is 3.12. The molecule has 4 N–H and O–H groups in total. The van der Waals surface area contributed by atoms with E-state index in [2.05, 4.69) is 5.32 Å². The first-order chi connectivity index (χ1) is 13.4. The van der Waals surface area contributed by atoms with Gasteiger partial charge in [-0.15, -0.1) is 0 Å². The van der Waals surface area contributed by atoms with Crippen molar-refractivity contribution in [1.29, 1.82) is 0 Å². The Labute approximate surface area is 166 Å². The summed E-state index contributed by atoms with van der Waals surface area (Å²) in [5.74, 6) is -0.524. The molecule has 9 nitrogen and oxygen atoms in total. The van der Waals surface area contributed by atoms with Crippen molar-refractivity contribution in [2.24, 2.45) is 0 Å². The summed E-state index contributed by atoms with van der Waals surface area (Å²) in [7, 11) is 0. The van der Waals surface area contributed by atoms with Crippen LogP contribution < -0.4 is 5.32 Å². The second-order valence-electron chi connectivity index (χ2n) is 6.98. The lowest BCUT2D eigenvalue weighted by molar-refractivity contribution is -0.270. The molecule has 1 rings (SSSR count). The van der Waals surface area contributed by atoms with Gasteiger partial charge < -0.3 is 34.8 Å². The van der Waals surface area contributed by atoms with Crippen LogP contribution in [0.2, 0.25) is 0 Å². The van der Waals surface area contributed by atoms with Gasteiger partial charge in [-0.25, -0.2) is 0 Å². The summed E-state index contributed by atoms with van der Waals surface area (Å²) in [4.78, 5) is 22.6. The van der Waals surface area contributed by atoms with Crippen LogP contribution in [0.1, 0.15) is 58.8 Å². The Kier molecular flexibility index (Phi) is 12.2. The molecule has 0 aliphatic carbocycles. The zero-order chi connectivity index (χ0) is 20.9. The molecule has 0 radical (unpaired) electrons. The average molecular weight is 405 g/mol. The third-order valence-electron chi connectivity index (χ3n) is 4.61. The Morgan fingerprint density at radius 2 is 1.68 bits per heavy atom. The molecule has 28 heavy (non-hydrogen) atoms. The fraction of sp³-hybridized carbons (Fsp3) is 0.895. The molecular formula is C19H35NO8. The van der Waals surface area contributed by atoms with Crippen LogP contribution in [0.15, 0.2) is 0 Å². The SMILES string of the molecule is CCOC(=O)CCCCCCCCO[C@H]1O[C@H](CO)[C@@H](O)[C@H](O)[C@@H]1NC(C)=O. The van der Waals surface area contributed by atoms with Crippen molar-refractivity contribution in [1.82, 2.24) is 5.32 Å². The third-order valence-corrected chi connectivity index (χ3v) is 4.61. The van der Waals surface area contributed by atoms with E-state index in [9.17, 15) is 24.9 Å². The van der Waals surface area contributed by atoms with Crippen molar-refractivity contribution in [3.05, 3.63) is 0 Å². The molecule has 164 valence electrons. The first-order valence-corrected chi connectivity index (χ1v) is 10.1. The number of ether oxygens (including phenoxy) is 3. The predicted molar refractivity (Wildman–Crippen MR) is 100 cm³/mol. The molecule has 5 atom stereocenters. The molecule has 0 aromatic heterocycles. The second-order valence-corrected chi connectivity index (χ2v) is 6.98. The summed E-state index contributed by atoms with van der Waals surface area (Å²) in [5.41, 5.74) is 0. The number of carbonyl (C=O) groups excluding carboxylic acids is 2. The summed E-state index contributed by atoms with van der Waals surface area (Å²) in [6, 6.07) is -0.904. The Morgan fingerprint density at radius 1 is 1.04 bits per heavy atom. The molecule has 0 saturated carbocycles. The number of esters is 1. The van der Waals surface area contributed by atoms with E-state index in [1.54, 1.807) is 6.92 Å². The van der Waals surface area contributed by atoms with Crippen LogP contribution >= 0.6 is 0 Å². The molecule has 1 amide bonds. The highest BCUT2D eigenvalue weighted by Gasteiger charge is 2.45. The van der Waals surface area contributed by atoms with Gasteiger partial charge in [0.2, 0.25) is 5.91 Å². The Morgan fingerprint density at radius 3 is 2.29 bits per heavy atom. The molecule has 1 aliphatic rings. The predicted octanol–water partition coefficient (Wildman–Crippen LogP) is 0.241. The highest BCUT2D eigenvalue weighted by Crippen LogP contribution is 2.22. The average Bonchev–Trinajstić information content (AvgIpc) is 2.65. The number of amides is 1. The van der Waals surface area contributed by atoms with Crippen LogP contribution in [0.25, 0.3) is 0 Å². The molecule has 0 aromatic carbocycles. The minimum absolute atomic E-state index is 0.148. The van der Waals surface area contributed by atoms with E-state index in [0.29, 0.717) is 19.6 Å². The van der Waals surface area contributed by atoms with Crippen molar-refractivity contribution in [2.45, 2.75) is 89.4 Å². The summed E-state index contributed by atoms with van der Waals surface area (Å²) < 4.78 is 16.0. The largest absolute Gasteiger partial charge is 0.466 e. The van der Waals surface area contributed by atoms with Crippen LogP contribution in [0, 0.1) is 0 Å². The van der Waals surface area contributed by atoms with Gasteiger partial charge in [-0.05, 0) is 19.8 Å². The minimum Gasteiger partial charge on any atom is -0.466 e. The molecule has 1 aliphatic heterocycles. The second kappa shape index (κ2) is 13.8. The van der Waals surface area contributed by atoms with Crippen LogP contribution in [0.4, 0.5) is 0 Å². The van der Waals surface area contributed by atoms with Crippen molar-refractivity contribution in [3.63, 3.8) is 0 Å². The summed E-state index contributed by atoms with van der Waals surface area (Å²) in [5, 5.41) is 31.9. The lowest BCUT2D eigenvalue weighted by Crippen LogP contribution is -2.64. The van der Waals surface area contributed by atoms with E-state index < -0.39 is 37.3 Å². The zero-order valence-electron chi connectivity index (χ0n) is 16.8. The number of nitrogens with one attached hydrogen (secondary N) is 1. The van der Waals surface area contributed by atoms with E-state index in [-0.39, 0.29) is 11.9 Å². The number of unbranched alkanes of at least 4 members (excludes halogenated alkanes) is 5. The molecule has 0 bridgehead atoms. The summed E-state index contributed by atoms with van der Waals surface area (Å²) in [6.45, 7) is 3.42. The quantitative estimate of drug-likeness (QED) is 0.253. The summed E-state index contributed by atoms with van der Waals surface area (Å²) in [6.07, 6.45) is 1.48. The van der Waals surface area contributed by atoms with Gasteiger partial charge in [-0.1, -0.05) is 25.7 Å². The number of aliphatic hydroxyl groups excluding tert-OH is 3. The van der Waals surface area contributed by atoms with Gasteiger partial charge in [0.25, 0.3) is 0 Å². The van der Waals surface area contributed by atoms with E-state index >= 15 is 0 Å². The van der Waals surface area contributed by atoms with Crippen molar-refractivity contribution < 1.29 is 39.1 Å². The molecule has 1 fully saturated rings. The topological polar surface area (TPSA) is 135 Å². The molecule has 1 heterocycles. The fourth-order valence-electron chi connectivity index (χ4n) is 3.12. The van der Waals surface area contributed by atoms with Gasteiger partial charge in [0.1, 0.15) is 24.4 Å². The Balaban J connectivity index is 2.24. The van der Waals surface area contributed by atoms with Gasteiger partial charge in [-0.2, -0.15) is 0 Å². The molecule has 0 aromatic rings. The summed E-state index contributed by atoms with van der Waals surface area (Å²) >= 11 is 0. The molecule has 0 unspecified atom stereocenters. The normalized spacial score (nSPS) is 27.4. The first kappa shape index (κ1) is 24.8. The van der Waals surface area contributed by atoms with Gasteiger partial charge in [0.15, 0.2) is 6.29 Å². The number of hydrogen-bond donors (Lipinski definition) is 4. The molecule has 9 heteroatoms. The van der Waals surface area contributed by atoms with E-state index in [0.717, 1.165) is 38.5 Å². The Hall–Kier alpha value is -1.26. The van der Waals surface area contributed by atoms with Gasteiger partial charge in [0, 0.05) is 20.0 Å². The maximum Gasteiger partial charge on any atom is 0.305 e. The van der Waals surface area contributed by atoms with E-state index in [4.69, 9.17) is 14.2 Å². The smallest absolute Gasteiger partial charge is 0.305 e. The van der Waals surface area contributed by atoms with Gasteiger partial charge in [-0.3, -0.25) is 9.59 Å². The number of hydrogen-bond acceptors (Lipinski definition) is 8. The molecule has 1 saturated heterocycles. The molecular weight excluding hydrogens is 370 g/mol. The number of aliphatic hydroxyl groups is 3. The van der Waals surface area contributed by atoms with Crippen molar-refractivity contribution in [2.75, 3.05) is 19.8 Å². The van der Waals surface area contributed by atoms with Crippen molar-refractivity contribution >= 4 is 11.9 Å².